The molecule has 84 valence electrons. The molecular weight excluding hydrogens is 200 g/mol. The molecule has 3 heteroatoms. The minimum Gasteiger partial charge on any atom is -0.383 e. The van der Waals surface area contributed by atoms with Crippen molar-refractivity contribution in [3.8, 4) is 0 Å². The van der Waals surface area contributed by atoms with Gasteiger partial charge in [-0.15, -0.1) is 0 Å². The summed E-state index contributed by atoms with van der Waals surface area (Å²) in [7, 11) is 1.71. The van der Waals surface area contributed by atoms with E-state index in [1.54, 1.807) is 7.11 Å². The number of fused-ring (bicyclic) bond motifs is 1. The van der Waals surface area contributed by atoms with Gasteiger partial charge in [0.15, 0.2) is 5.69 Å². The van der Waals surface area contributed by atoms with Gasteiger partial charge in [-0.3, -0.25) is 0 Å². The molecule has 2 rings (SSSR count). The molecule has 3 nitrogen and oxygen atoms in total. The molecule has 2 aromatic rings. The van der Waals surface area contributed by atoms with Gasteiger partial charge >= 0.3 is 0 Å². The number of hydrogen-bond acceptors (Lipinski definition) is 2. The maximum atomic E-state index is 5.04. The van der Waals surface area contributed by atoms with Crippen LogP contribution >= 0.6 is 0 Å². The summed E-state index contributed by atoms with van der Waals surface area (Å²) in [6.07, 6.45) is 0. The highest BCUT2D eigenvalue weighted by atomic mass is 16.5. The Labute approximate surface area is 95.5 Å². The zero-order chi connectivity index (χ0) is 11.4. The van der Waals surface area contributed by atoms with Crippen molar-refractivity contribution in [3.05, 3.63) is 36.0 Å². The van der Waals surface area contributed by atoms with Gasteiger partial charge in [0.05, 0.1) is 17.7 Å². The number of rotatable bonds is 4. The van der Waals surface area contributed by atoms with E-state index in [-0.39, 0.29) is 0 Å². The first kappa shape index (κ1) is 10.9. The summed E-state index contributed by atoms with van der Waals surface area (Å²) in [5, 5.41) is 4.60. The molecule has 0 saturated carbocycles. The normalized spacial score (nSPS) is 10.6. The Morgan fingerprint density at radius 1 is 1.31 bits per heavy atom. The Kier molecular flexibility index (Phi) is 3.37. The number of H-pyrrole nitrogens is 1. The van der Waals surface area contributed by atoms with Gasteiger partial charge in [-0.2, -0.15) is 0 Å². The van der Waals surface area contributed by atoms with Crippen LogP contribution in [0.2, 0.25) is 0 Å². The lowest BCUT2D eigenvalue weighted by molar-refractivity contribution is -0.354. The highest BCUT2D eigenvalue weighted by molar-refractivity contribution is 5.89. The van der Waals surface area contributed by atoms with Gasteiger partial charge < -0.3 is 10.1 Å². The van der Waals surface area contributed by atoms with Crippen molar-refractivity contribution in [3.63, 3.8) is 0 Å². The van der Waals surface area contributed by atoms with E-state index in [4.69, 9.17) is 4.74 Å². The Hall–Kier alpha value is -1.61. The van der Waals surface area contributed by atoms with Crippen LogP contribution in [0, 0.1) is 6.92 Å². The highest BCUT2D eigenvalue weighted by Crippen LogP contribution is 2.20. The van der Waals surface area contributed by atoms with E-state index in [1.165, 1.54) is 5.39 Å². The molecule has 0 fully saturated rings. The first-order chi connectivity index (χ1) is 7.81. The maximum absolute atomic E-state index is 5.04. The molecule has 0 saturated heterocycles. The number of ether oxygens (including phenoxy) is 1. The van der Waals surface area contributed by atoms with Crippen LogP contribution in [0.1, 0.15) is 5.69 Å². The molecule has 1 heterocycles. The number of aryl methyl sites for hydroxylation is 1. The third-order valence-corrected chi connectivity index (χ3v) is 2.53. The Morgan fingerprint density at radius 3 is 2.94 bits per heavy atom. The molecule has 0 aliphatic rings. The molecule has 0 unspecified atom stereocenters. The van der Waals surface area contributed by atoms with Crippen LogP contribution in [-0.2, 0) is 4.74 Å². The second-order valence-electron chi connectivity index (χ2n) is 3.83. The first-order valence-corrected chi connectivity index (χ1v) is 5.46. The number of benzene rings is 1. The number of aromatic nitrogens is 1. The van der Waals surface area contributed by atoms with Crippen LogP contribution in [0.25, 0.3) is 10.9 Å². The summed E-state index contributed by atoms with van der Waals surface area (Å²) < 4.78 is 5.04. The van der Waals surface area contributed by atoms with E-state index in [2.05, 4.69) is 35.4 Å². The lowest BCUT2D eigenvalue weighted by Crippen LogP contribution is -2.13. The Bertz CT molecular complexity index is 482. The molecule has 0 spiro atoms. The maximum Gasteiger partial charge on any atom is 0.213 e. The summed E-state index contributed by atoms with van der Waals surface area (Å²) in [4.78, 5) is 3.35. The molecule has 0 radical (unpaired) electrons. The van der Waals surface area contributed by atoms with Gasteiger partial charge in [0.25, 0.3) is 0 Å². The number of aromatic amines is 1. The zero-order valence-electron chi connectivity index (χ0n) is 9.71. The number of methoxy groups -OCH3 is 1. The number of anilines is 1. The molecule has 0 aliphatic heterocycles. The summed E-state index contributed by atoms with van der Waals surface area (Å²) in [6.45, 7) is 3.60. The molecule has 0 aliphatic carbocycles. The van der Waals surface area contributed by atoms with Gasteiger partial charge in [0, 0.05) is 32.7 Å². The largest absolute Gasteiger partial charge is 0.383 e. The second kappa shape index (κ2) is 4.94. The van der Waals surface area contributed by atoms with Gasteiger partial charge in [0.2, 0.25) is 5.52 Å². The molecule has 2 N–H and O–H groups in total. The Morgan fingerprint density at radius 2 is 2.12 bits per heavy atom. The molecule has 16 heavy (non-hydrogen) atoms. The minimum atomic E-state index is 0.714. The molecular formula is C13H17N2O+. The summed E-state index contributed by atoms with van der Waals surface area (Å²) in [6, 6.07) is 10.4. The van der Waals surface area contributed by atoms with Crippen molar-refractivity contribution < 1.29 is 9.72 Å². The quantitative estimate of drug-likeness (QED) is 0.795. The van der Waals surface area contributed by atoms with Crippen LogP contribution in [-0.4, -0.2) is 20.3 Å². The third-order valence-electron chi connectivity index (χ3n) is 2.53. The number of pyridine rings is 1. The van der Waals surface area contributed by atoms with Crippen LogP contribution in [0.5, 0.6) is 0 Å². The fourth-order valence-corrected chi connectivity index (χ4v) is 1.80. The number of para-hydroxylation sites is 1. The smallest absolute Gasteiger partial charge is 0.213 e. The molecule has 1 aromatic heterocycles. The average molecular weight is 217 g/mol. The second-order valence-corrected chi connectivity index (χ2v) is 3.83. The molecule has 0 amide bonds. The van der Waals surface area contributed by atoms with Gasteiger partial charge in [-0.05, 0) is 6.07 Å². The third kappa shape index (κ3) is 2.31. The highest BCUT2D eigenvalue weighted by Gasteiger charge is 2.07. The first-order valence-electron chi connectivity index (χ1n) is 5.46. The lowest BCUT2D eigenvalue weighted by Gasteiger charge is -2.07. The molecule has 1 aromatic carbocycles. The SMILES string of the molecule is COCCNc1cc(C)[nH+]c2ccccc12. The van der Waals surface area contributed by atoms with Crippen molar-refractivity contribution in [1.29, 1.82) is 0 Å². The van der Waals surface area contributed by atoms with Crippen molar-refractivity contribution in [2.24, 2.45) is 0 Å². The van der Waals surface area contributed by atoms with Crippen LogP contribution < -0.4 is 10.3 Å². The Balaban J connectivity index is 2.34. The molecule has 0 bridgehead atoms. The predicted molar refractivity (Wildman–Crippen MR) is 65.6 cm³/mol. The van der Waals surface area contributed by atoms with Gasteiger partial charge in [0.1, 0.15) is 0 Å². The fourth-order valence-electron chi connectivity index (χ4n) is 1.80. The van der Waals surface area contributed by atoms with E-state index >= 15 is 0 Å². The predicted octanol–water partition coefficient (Wildman–Crippen LogP) is 2.02. The number of nitrogens with one attached hydrogen (secondary N) is 2. The zero-order valence-corrected chi connectivity index (χ0v) is 9.71. The van der Waals surface area contributed by atoms with E-state index in [0.29, 0.717) is 6.61 Å². The summed E-state index contributed by atoms with van der Waals surface area (Å²) >= 11 is 0. The summed E-state index contributed by atoms with van der Waals surface area (Å²) in [5.41, 5.74) is 3.46. The lowest BCUT2D eigenvalue weighted by atomic mass is 10.1. The topological polar surface area (TPSA) is 35.4 Å². The van der Waals surface area contributed by atoms with Crippen molar-refractivity contribution in [2.45, 2.75) is 6.92 Å². The van der Waals surface area contributed by atoms with E-state index in [1.807, 2.05) is 12.1 Å². The monoisotopic (exact) mass is 217 g/mol. The standard InChI is InChI=1S/C13H16N2O/c1-10-9-13(14-7-8-16-2)11-5-3-4-6-12(11)15-10/h3-6,9H,7-8H2,1-2H3,(H,14,15)/p+1. The van der Waals surface area contributed by atoms with Crippen LogP contribution in [0.15, 0.2) is 30.3 Å². The summed E-state index contributed by atoms with van der Waals surface area (Å²) in [5.74, 6) is 0. The van der Waals surface area contributed by atoms with Crippen molar-refractivity contribution >= 4 is 16.6 Å². The van der Waals surface area contributed by atoms with E-state index in [0.717, 1.165) is 23.4 Å². The molecule has 0 atom stereocenters. The number of hydrogen-bond donors (Lipinski definition) is 1. The fraction of sp³-hybridized carbons (Fsp3) is 0.308. The van der Waals surface area contributed by atoms with E-state index < -0.39 is 0 Å². The van der Waals surface area contributed by atoms with E-state index in [9.17, 15) is 0 Å². The van der Waals surface area contributed by atoms with Gasteiger partial charge in [-0.25, -0.2) is 4.98 Å². The van der Waals surface area contributed by atoms with Crippen molar-refractivity contribution in [1.82, 2.24) is 0 Å². The van der Waals surface area contributed by atoms with Crippen molar-refractivity contribution in [2.75, 3.05) is 25.6 Å². The van der Waals surface area contributed by atoms with Gasteiger partial charge in [-0.1, -0.05) is 12.1 Å². The van der Waals surface area contributed by atoms with Crippen LogP contribution in [0.3, 0.4) is 0 Å². The minimum absolute atomic E-state index is 0.714. The average Bonchev–Trinajstić information content (AvgIpc) is 2.29. The van der Waals surface area contributed by atoms with Crippen LogP contribution in [0.4, 0.5) is 5.69 Å².